The summed E-state index contributed by atoms with van der Waals surface area (Å²) in [6.07, 6.45) is 6.05. The summed E-state index contributed by atoms with van der Waals surface area (Å²) in [6, 6.07) is 7.28. The topological polar surface area (TPSA) is 150 Å². The second-order valence-corrected chi connectivity index (χ2v) is 10.3. The van der Waals surface area contributed by atoms with E-state index in [1.165, 1.54) is 0 Å². The zero-order chi connectivity index (χ0) is 26.6. The number of aromatic amines is 1. The third-order valence-corrected chi connectivity index (χ3v) is 7.13. The van der Waals surface area contributed by atoms with Gasteiger partial charge in [-0.2, -0.15) is 0 Å². The van der Waals surface area contributed by atoms with Gasteiger partial charge in [0.25, 0.3) is 0 Å². The summed E-state index contributed by atoms with van der Waals surface area (Å²) in [7, 11) is 0. The Balaban J connectivity index is 1.44. The van der Waals surface area contributed by atoms with E-state index in [2.05, 4.69) is 36.2 Å². The molecule has 2 aliphatic heterocycles. The highest BCUT2D eigenvalue weighted by molar-refractivity contribution is 5.93. The molecule has 3 amide bonds. The number of hydrogen-bond donors (Lipinski definition) is 4. The molecule has 200 valence electrons. The van der Waals surface area contributed by atoms with Crippen molar-refractivity contribution in [1.29, 1.82) is 0 Å². The highest BCUT2D eigenvalue weighted by Gasteiger charge is 2.40. The molecule has 4 heterocycles. The van der Waals surface area contributed by atoms with Gasteiger partial charge in [-0.15, -0.1) is 5.10 Å². The molecule has 4 atom stereocenters. The molecule has 0 radical (unpaired) electrons. The predicted octanol–water partition coefficient (Wildman–Crippen LogP) is 0.315. The first-order valence-electron chi connectivity index (χ1n) is 12.9. The number of amides is 3. The fourth-order valence-electron chi connectivity index (χ4n) is 5.07. The molecule has 38 heavy (non-hydrogen) atoms. The molecule has 1 saturated heterocycles. The van der Waals surface area contributed by atoms with Gasteiger partial charge in [0, 0.05) is 25.4 Å². The lowest BCUT2D eigenvalue weighted by molar-refractivity contribution is -0.134. The monoisotopic (exact) mass is 519 g/mol. The third-order valence-electron chi connectivity index (χ3n) is 7.13. The first-order valence-corrected chi connectivity index (χ1v) is 12.9. The normalized spacial score (nSPS) is 24.9. The number of H-pyrrole nitrogens is 1. The van der Waals surface area contributed by atoms with Gasteiger partial charge in [0.2, 0.25) is 17.7 Å². The summed E-state index contributed by atoms with van der Waals surface area (Å²) >= 11 is 0. The molecule has 0 spiro atoms. The van der Waals surface area contributed by atoms with E-state index in [4.69, 9.17) is 0 Å². The number of hydrogen-bond acceptors (Lipinski definition) is 7. The smallest absolute Gasteiger partial charge is 0.243 e. The summed E-state index contributed by atoms with van der Waals surface area (Å²) in [6.45, 7) is 4.94. The van der Waals surface area contributed by atoms with Gasteiger partial charge >= 0.3 is 0 Å². The van der Waals surface area contributed by atoms with Crippen LogP contribution in [0, 0.1) is 5.92 Å². The lowest BCUT2D eigenvalue weighted by Crippen LogP contribution is -2.57. The van der Waals surface area contributed by atoms with Gasteiger partial charge in [0.1, 0.15) is 23.6 Å². The number of carbonyl (C=O) groups excluding carboxylic acids is 3. The van der Waals surface area contributed by atoms with E-state index in [1.54, 1.807) is 23.3 Å². The number of likely N-dealkylation sites (tertiary alicyclic amines) is 1. The molecule has 0 saturated carbocycles. The fraction of sp³-hybridized carbons (Fsp3) is 0.462. The number of rotatable bonds is 5. The molecule has 2 aromatic heterocycles. The Morgan fingerprint density at radius 1 is 1.05 bits per heavy atom. The van der Waals surface area contributed by atoms with E-state index in [0.717, 1.165) is 11.4 Å². The van der Waals surface area contributed by atoms with E-state index in [1.807, 2.05) is 49.1 Å². The molecule has 1 aromatic carbocycles. The Morgan fingerprint density at radius 3 is 2.61 bits per heavy atom. The largest absolute Gasteiger partial charge is 0.349 e. The lowest BCUT2D eigenvalue weighted by Gasteiger charge is -2.28. The molecule has 1 fully saturated rings. The first kappa shape index (κ1) is 25.6. The Labute approximate surface area is 220 Å². The predicted molar refractivity (Wildman–Crippen MR) is 137 cm³/mol. The van der Waals surface area contributed by atoms with Gasteiger partial charge in [-0.3, -0.25) is 19.3 Å². The maximum absolute atomic E-state index is 13.6. The SMILES string of the molecule is CC(C)[C@@H]1NC(=O)[C@@H]2C[C@@H](CN2Cc2ncc[nH]2)n2cc(nn2)CNC(=O)[C@@H](Cc2ccccc2)NC1=O. The van der Waals surface area contributed by atoms with Crippen LogP contribution in [-0.4, -0.2) is 72.3 Å². The molecule has 4 bridgehead atoms. The Bertz CT molecular complexity index is 1260. The van der Waals surface area contributed by atoms with E-state index < -0.39 is 24.0 Å². The number of nitrogens with one attached hydrogen (secondary N) is 4. The summed E-state index contributed by atoms with van der Waals surface area (Å²) in [4.78, 5) is 49.7. The second-order valence-electron chi connectivity index (χ2n) is 10.3. The van der Waals surface area contributed by atoms with E-state index in [9.17, 15) is 14.4 Å². The maximum Gasteiger partial charge on any atom is 0.243 e. The highest BCUT2D eigenvalue weighted by atomic mass is 16.2. The van der Waals surface area contributed by atoms with Crippen molar-refractivity contribution in [3.8, 4) is 0 Å². The Hall–Kier alpha value is -4.06. The first-order chi connectivity index (χ1) is 18.4. The minimum absolute atomic E-state index is 0.0973. The molecule has 4 N–H and O–H groups in total. The Morgan fingerprint density at radius 2 is 1.87 bits per heavy atom. The summed E-state index contributed by atoms with van der Waals surface area (Å²) in [5.74, 6) is -0.403. The second kappa shape index (κ2) is 11.1. The van der Waals surface area contributed by atoms with Crippen LogP contribution < -0.4 is 16.0 Å². The molecule has 2 aliphatic rings. The molecule has 3 aromatic rings. The van der Waals surface area contributed by atoms with Crippen molar-refractivity contribution in [3.63, 3.8) is 0 Å². The molecule has 12 nitrogen and oxygen atoms in total. The molecule has 5 rings (SSSR count). The number of imidazole rings is 1. The van der Waals surface area contributed by atoms with Crippen molar-refractivity contribution in [2.24, 2.45) is 5.92 Å². The van der Waals surface area contributed by atoms with Gasteiger partial charge in [0.05, 0.1) is 31.4 Å². The molecule has 0 unspecified atom stereocenters. The standard InChI is InChI=1S/C26H33N9O3/c1-16(2)23-26(38)30-20(10-17-6-4-3-5-7-17)24(36)29-12-18-13-35(33-32-18)19-11-21(25(37)31-23)34(14-19)15-22-27-8-9-28-22/h3-9,13,16,19-21,23H,10-12,14-15H2,1-2H3,(H,27,28)(H,29,36)(H,30,38)(H,31,37)/t19-,20+,21-,23-/m0/s1. The van der Waals surface area contributed by atoms with Crippen LogP contribution in [0.25, 0.3) is 0 Å². The van der Waals surface area contributed by atoms with Crippen LogP contribution in [0.3, 0.4) is 0 Å². The Kier molecular flexibility index (Phi) is 7.50. The van der Waals surface area contributed by atoms with Crippen LogP contribution in [0.15, 0.2) is 48.9 Å². The van der Waals surface area contributed by atoms with Crippen LogP contribution in [0.2, 0.25) is 0 Å². The van der Waals surface area contributed by atoms with Crippen LogP contribution in [-0.2, 0) is 33.9 Å². The zero-order valence-electron chi connectivity index (χ0n) is 21.5. The van der Waals surface area contributed by atoms with Crippen molar-refractivity contribution in [1.82, 2.24) is 45.8 Å². The quantitative estimate of drug-likeness (QED) is 0.379. The van der Waals surface area contributed by atoms with Crippen LogP contribution in [0.5, 0.6) is 0 Å². The van der Waals surface area contributed by atoms with E-state index >= 15 is 0 Å². The van der Waals surface area contributed by atoms with Crippen molar-refractivity contribution < 1.29 is 14.4 Å². The van der Waals surface area contributed by atoms with E-state index in [0.29, 0.717) is 31.6 Å². The summed E-state index contributed by atoms with van der Waals surface area (Å²) < 4.78 is 1.76. The zero-order valence-corrected chi connectivity index (χ0v) is 21.5. The minimum atomic E-state index is -0.824. The molecule has 12 heteroatoms. The average Bonchev–Trinajstić information content (AvgIpc) is 3.67. The average molecular weight is 520 g/mol. The van der Waals surface area contributed by atoms with Gasteiger partial charge < -0.3 is 20.9 Å². The number of benzene rings is 1. The van der Waals surface area contributed by atoms with Crippen LogP contribution in [0.1, 0.15) is 43.4 Å². The van der Waals surface area contributed by atoms with Crippen LogP contribution >= 0.6 is 0 Å². The lowest BCUT2D eigenvalue weighted by atomic mass is 10.00. The number of fused-ring (bicyclic) bond motifs is 5. The van der Waals surface area contributed by atoms with Crippen molar-refractivity contribution in [3.05, 3.63) is 66.0 Å². The highest BCUT2D eigenvalue weighted by Crippen LogP contribution is 2.28. The summed E-state index contributed by atoms with van der Waals surface area (Å²) in [5.41, 5.74) is 1.51. The van der Waals surface area contributed by atoms with Gasteiger partial charge in [-0.1, -0.05) is 49.4 Å². The van der Waals surface area contributed by atoms with Gasteiger partial charge in [-0.05, 0) is 17.9 Å². The number of aromatic nitrogens is 5. The van der Waals surface area contributed by atoms with Crippen molar-refractivity contribution >= 4 is 17.7 Å². The third kappa shape index (κ3) is 5.75. The minimum Gasteiger partial charge on any atom is -0.349 e. The number of carbonyl (C=O) groups is 3. The van der Waals surface area contributed by atoms with Gasteiger partial charge in [-0.25, -0.2) is 9.67 Å². The van der Waals surface area contributed by atoms with Crippen molar-refractivity contribution in [2.45, 2.75) is 63.9 Å². The van der Waals surface area contributed by atoms with Crippen LogP contribution in [0.4, 0.5) is 0 Å². The number of nitrogens with zero attached hydrogens (tertiary/aromatic N) is 5. The van der Waals surface area contributed by atoms with E-state index in [-0.39, 0.29) is 30.3 Å². The fourth-order valence-corrected chi connectivity index (χ4v) is 5.07. The molecular formula is C26H33N9O3. The molecular weight excluding hydrogens is 486 g/mol. The van der Waals surface area contributed by atoms with Crippen molar-refractivity contribution in [2.75, 3.05) is 6.54 Å². The molecule has 0 aliphatic carbocycles. The van der Waals surface area contributed by atoms with Gasteiger partial charge in [0.15, 0.2) is 0 Å². The summed E-state index contributed by atoms with van der Waals surface area (Å²) in [5, 5.41) is 17.3. The maximum atomic E-state index is 13.6.